The molecule has 1 N–H and O–H groups in total. The predicted octanol–water partition coefficient (Wildman–Crippen LogP) is 2.85. The maximum atomic E-state index is 12.0. The molecule has 0 aliphatic rings. The molecule has 1 heterocycles. The fourth-order valence-corrected chi connectivity index (χ4v) is 2.18. The van der Waals surface area contributed by atoms with Crippen LogP contribution in [-0.4, -0.2) is 15.7 Å². The monoisotopic (exact) mass is 271 g/mol. The van der Waals surface area contributed by atoms with E-state index in [0.29, 0.717) is 13.0 Å². The lowest BCUT2D eigenvalue weighted by Crippen LogP contribution is -2.28. The number of amides is 1. The molecule has 0 spiro atoms. The van der Waals surface area contributed by atoms with E-state index in [1.54, 1.807) is 10.9 Å². The number of nitrogens with zero attached hydrogens (tertiary/aromatic N) is 2. The zero-order chi connectivity index (χ0) is 14.4. The molecule has 0 radical (unpaired) electrons. The molecule has 0 bridgehead atoms. The summed E-state index contributed by atoms with van der Waals surface area (Å²) in [6, 6.07) is 10.2. The highest BCUT2D eigenvalue weighted by molar-refractivity contribution is 5.76. The quantitative estimate of drug-likeness (QED) is 0.878. The Morgan fingerprint density at radius 3 is 2.70 bits per heavy atom. The number of aromatic nitrogens is 2. The molecule has 1 amide bonds. The Labute approximate surface area is 119 Å². The van der Waals surface area contributed by atoms with Gasteiger partial charge in [-0.3, -0.25) is 9.48 Å². The van der Waals surface area contributed by atoms with Crippen LogP contribution in [0.2, 0.25) is 0 Å². The minimum Gasteiger partial charge on any atom is -0.349 e. The Balaban J connectivity index is 1.86. The van der Waals surface area contributed by atoms with Crippen LogP contribution in [0, 0.1) is 6.92 Å². The number of hydrogen-bond donors (Lipinski definition) is 1. The molecule has 4 heteroatoms. The van der Waals surface area contributed by atoms with E-state index in [0.717, 1.165) is 17.5 Å². The van der Waals surface area contributed by atoms with Crippen molar-refractivity contribution < 1.29 is 4.79 Å². The zero-order valence-electron chi connectivity index (χ0n) is 12.0. The average molecular weight is 271 g/mol. The van der Waals surface area contributed by atoms with Gasteiger partial charge in [-0.25, -0.2) is 0 Å². The average Bonchev–Trinajstić information content (AvgIpc) is 2.89. The van der Waals surface area contributed by atoms with Gasteiger partial charge in [0.2, 0.25) is 5.91 Å². The summed E-state index contributed by atoms with van der Waals surface area (Å²) in [4.78, 5) is 12.0. The molecule has 2 rings (SSSR count). The molecule has 2 aromatic rings. The van der Waals surface area contributed by atoms with Crippen LogP contribution < -0.4 is 5.32 Å². The van der Waals surface area contributed by atoms with E-state index in [1.807, 2.05) is 43.5 Å². The Morgan fingerprint density at radius 2 is 2.10 bits per heavy atom. The van der Waals surface area contributed by atoms with Crippen LogP contribution in [0.3, 0.4) is 0 Å². The minimum absolute atomic E-state index is 0.0638. The third-order valence-electron chi connectivity index (χ3n) is 3.28. The third kappa shape index (κ3) is 3.95. The molecule has 106 valence electrons. The van der Waals surface area contributed by atoms with Gasteiger partial charge in [-0.05, 0) is 24.5 Å². The van der Waals surface area contributed by atoms with E-state index in [4.69, 9.17) is 0 Å². The Morgan fingerprint density at radius 1 is 1.35 bits per heavy atom. The number of hydrogen-bond acceptors (Lipinski definition) is 2. The normalized spacial score (nSPS) is 12.1. The summed E-state index contributed by atoms with van der Waals surface area (Å²) in [5.74, 6) is 0.0638. The van der Waals surface area contributed by atoms with Crippen molar-refractivity contribution >= 4 is 5.91 Å². The smallest absolute Gasteiger partial charge is 0.222 e. The molecule has 1 aromatic carbocycles. The van der Waals surface area contributed by atoms with Crippen LogP contribution in [0.1, 0.15) is 36.9 Å². The van der Waals surface area contributed by atoms with E-state index in [-0.39, 0.29) is 11.9 Å². The summed E-state index contributed by atoms with van der Waals surface area (Å²) in [7, 11) is 0. The summed E-state index contributed by atoms with van der Waals surface area (Å²) in [5, 5.41) is 7.26. The van der Waals surface area contributed by atoms with Gasteiger partial charge in [-0.1, -0.05) is 37.3 Å². The Hall–Kier alpha value is -2.10. The highest BCUT2D eigenvalue weighted by atomic mass is 16.1. The van der Waals surface area contributed by atoms with Crippen molar-refractivity contribution in [3.8, 4) is 0 Å². The van der Waals surface area contributed by atoms with E-state index in [9.17, 15) is 4.79 Å². The lowest BCUT2D eigenvalue weighted by Gasteiger charge is -2.17. The molecule has 0 aliphatic heterocycles. The lowest BCUT2D eigenvalue weighted by molar-refractivity contribution is -0.122. The maximum absolute atomic E-state index is 12.0. The second kappa shape index (κ2) is 6.89. The van der Waals surface area contributed by atoms with Gasteiger partial charge < -0.3 is 5.32 Å². The highest BCUT2D eigenvalue weighted by Gasteiger charge is 2.12. The number of carbonyl (C=O) groups excluding carboxylic acids is 1. The Kier molecular flexibility index (Phi) is 4.93. The molecular formula is C16H21N3O. The van der Waals surface area contributed by atoms with Gasteiger partial charge in [0.25, 0.3) is 0 Å². The molecule has 1 aromatic heterocycles. The molecular weight excluding hydrogens is 250 g/mol. The largest absolute Gasteiger partial charge is 0.349 e. The van der Waals surface area contributed by atoms with Crippen LogP contribution in [0.5, 0.6) is 0 Å². The Bertz CT molecular complexity index is 548. The number of benzene rings is 1. The molecule has 0 aliphatic carbocycles. The van der Waals surface area contributed by atoms with Crippen molar-refractivity contribution in [2.45, 2.75) is 39.3 Å². The van der Waals surface area contributed by atoms with E-state index < -0.39 is 0 Å². The molecule has 1 unspecified atom stereocenters. The van der Waals surface area contributed by atoms with E-state index in [2.05, 4.69) is 17.3 Å². The number of rotatable bonds is 6. The molecule has 20 heavy (non-hydrogen) atoms. The topological polar surface area (TPSA) is 46.9 Å². The van der Waals surface area contributed by atoms with Gasteiger partial charge in [-0.15, -0.1) is 0 Å². The molecule has 0 saturated carbocycles. The third-order valence-corrected chi connectivity index (χ3v) is 3.28. The number of carbonyl (C=O) groups is 1. The van der Waals surface area contributed by atoms with Crippen molar-refractivity contribution in [2.24, 2.45) is 0 Å². The fraction of sp³-hybridized carbons (Fsp3) is 0.375. The molecule has 0 fully saturated rings. The van der Waals surface area contributed by atoms with Gasteiger partial charge in [0.1, 0.15) is 0 Å². The maximum Gasteiger partial charge on any atom is 0.222 e. The molecule has 1 atom stereocenters. The van der Waals surface area contributed by atoms with Gasteiger partial charge >= 0.3 is 0 Å². The number of nitrogens with one attached hydrogen (secondary N) is 1. The molecule has 4 nitrogen and oxygen atoms in total. The first-order chi connectivity index (χ1) is 9.69. The lowest BCUT2D eigenvalue weighted by atomic mass is 10.0. The van der Waals surface area contributed by atoms with E-state index >= 15 is 0 Å². The summed E-state index contributed by atoms with van der Waals surface area (Å²) in [6.45, 7) is 4.69. The second-order valence-electron chi connectivity index (χ2n) is 4.97. The first kappa shape index (κ1) is 14.3. The van der Waals surface area contributed by atoms with Crippen molar-refractivity contribution in [1.82, 2.24) is 15.1 Å². The van der Waals surface area contributed by atoms with Gasteiger partial charge in [-0.2, -0.15) is 5.10 Å². The fourth-order valence-electron chi connectivity index (χ4n) is 2.18. The van der Waals surface area contributed by atoms with Crippen LogP contribution in [-0.2, 0) is 11.3 Å². The van der Waals surface area contributed by atoms with Crippen molar-refractivity contribution in [3.05, 3.63) is 53.9 Å². The van der Waals surface area contributed by atoms with Gasteiger partial charge in [0.05, 0.1) is 12.2 Å². The predicted molar refractivity (Wildman–Crippen MR) is 79.2 cm³/mol. The van der Waals surface area contributed by atoms with Crippen molar-refractivity contribution in [1.29, 1.82) is 0 Å². The van der Waals surface area contributed by atoms with Gasteiger partial charge in [0.15, 0.2) is 0 Å². The van der Waals surface area contributed by atoms with Gasteiger partial charge in [0, 0.05) is 19.2 Å². The van der Waals surface area contributed by atoms with Crippen LogP contribution in [0.15, 0.2) is 42.7 Å². The summed E-state index contributed by atoms with van der Waals surface area (Å²) in [5.41, 5.74) is 2.26. The van der Waals surface area contributed by atoms with E-state index in [1.165, 1.54) is 0 Å². The van der Waals surface area contributed by atoms with Crippen molar-refractivity contribution in [2.75, 3.05) is 0 Å². The minimum atomic E-state index is 0.0638. The summed E-state index contributed by atoms with van der Waals surface area (Å²) < 4.78 is 1.80. The van der Waals surface area contributed by atoms with Crippen LogP contribution in [0.4, 0.5) is 0 Å². The summed E-state index contributed by atoms with van der Waals surface area (Å²) in [6.07, 6.45) is 5.08. The highest BCUT2D eigenvalue weighted by Crippen LogP contribution is 2.15. The molecule has 0 saturated heterocycles. The SMILES string of the molecule is CCC(NC(=O)CCn1cc(C)cn1)c1ccccc1. The standard InChI is InChI=1S/C16H21N3O/c1-3-15(14-7-5-4-6-8-14)18-16(20)9-10-19-12-13(2)11-17-19/h4-8,11-12,15H,3,9-10H2,1-2H3,(H,18,20). The number of aryl methyl sites for hydroxylation is 2. The first-order valence-electron chi connectivity index (χ1n) is 7.02. The second-order valence-corrected chi connectivity index (χ2v) is 4.97. The zero-order valence-corrected chi connectivity index (χ0v) is 12.0. The first-order valence-corrected chi connectivity index (χ1v) is 7.02. The van der Waals surface area contributed by atoms with Crippen LogP contribution >= 0.6 is 0 Å². The van der Waals surface area contributed by atoms with Crippen molar-refractivity contribution in [3.63, 3.8) is 0 Å². The summed E-state index contributed by atoms with van der Waals surface area (Å²) >= 11 is 0. The van der Waals surface area contributed by atoms with Crippen LogP contribution in [0.25, 0.3) is 0 Å².